The lowest BCUT2D eigenvalue weighted by Gasteiger charge is -2.12. The molecule has 0 aliphatic heterocycles. The number of carbonyl (C=O) groups excluding carboxylic acids is 2. The molecule has 0 radical (unpaired) electrons. The van der Waals surface area contributed by atoms with Crippen molar-refractivity contribution in [1.29, 1.82) is 0 Å². The molecule has 4 rings (SSSR count). The van der Waals surface area contributed by atoms with Crippen LogP contribution in [-0.4, -0.2) is 42.2 Å². The van der Waals surface area contributed by atoms with Crippen molar-refractivity contribution in [2.75, 3.05) is 0 Å². The largest absolute Gasteiger partial charge is 0.416 e. The van der Waals surface area contributed by atoms with E-state index in [4.69, 9.17) is 0 Å². The molecule has 0 fully saturated rings. The van der Waals surface area contributed by atoms with E-state index < -0.39 is 35.3 Å². The second-order valence-corrected chi connectivity index (χ2v) is 10.8. The zero-order chi connectivity index (χ0) is 30.3. The van der Waals surface area contributed by atoms with E-state index >= 15 is 0 Å². The van der Waals surface area contributed by atoms with Gasteiger partial charge < -0.3 is 10.6 Å². The third-order valence-electron chi connectivity index (χ3n) is 5.65. The van der Waals surface area contributed by atoms with Gasteiger partial charge in [0.1, 0.15) is 10.0 Å². The lowest BCUT2D eigenvalue weighted by Crippen LogP contribution is -2.24. The average Bonchev–Trinajstić information content (AvgIpc) is 3.62. The lowest BCUT2D eigenvalue weighted by atomic mass is 10.1. The van der Waals surface area contributed by atoms with Gasteiger partial charge >= 0.3 is 12.4 Å². The molecule has 0 saturated carbocycles. The van der Waals surface area contributed by atoms with Crippen molar-refractivity contribution in [2.24, 2.45) is 0 Å². The van der Waals surface area contributed by atoms with Crippen LogP contribution >= 0.6 is 22.7 Å². The first kappa shape index (κ1) is 30.9. The Balaban J connectivity index is 1.20. The number of aryl methyl sites for hydroxylation is 2. The van der Waals surface area contributed by atoms with E-state index in [2.05, 4.69) is 41.0 Å². The Morgan fingerprint density at radius 3 is 1.45 bits per heavy atom. The molecule has 42 heavy (non-hydrogen) atoms. The summed E-state index contributed by atoms with van der Waals surface area (Å²) < 4.78 is 78.6. The van der Waals surface area contributed by atoms with E-state index in [-0.39, 0.29) is 34.2 Å². The van der Waals surface area contributed by atoms with Crippen LogP contribution in [-0.2, 0) is 38.3 Å². The van der Waals surface area contributed by atoms with Gasteiger partial charge in [0.15, 0.2) is 0 Å². The van der Waals surface area contributed by atoms with Gasteiger partial charge in [0, 0.05) is 61.8 Å². The first-order chi connectivity index (χ1) is 19.9. The number of alkyl halides is 6. The number of aromatic nitrogens is 6. The maximum atomic E-state index is 13.1. The maximum Gasteiger partial charge on any atom is 0.416 e. The molecule has 10 nitrogen and oxygen atoms in total. The highest BCUT2D eigenvalue weighted by Crippen LogP contribution is 2.32. The van der Waals surface area contributed by atoms with E-state index in [1.165, 1.54) is 0 Å². The van der Waals surface area contributed by atoms with E-state index in [1.807, 2.05) is 0 Å². The third kappa shape index (κ3) is 8.25. The number of carbonyl (C=O) groups is 2. The van der Waals surface area contributed by atoms with E-state index in [0.717, 1.165) is 59.6 Å². The van der Waals surface area contributed by atoms with Crippen LogP contribution < -0.4 is 10.6 Å². The highest BCUT2D eigenvalue weighted by atomic mass is 32.1. The van der Waals surface area contributed by atoms with Gasteiger partial charge in [-0.1, -0.05) is 22.7 Å². The molecule has 0 aliphatic carbocycles. The number of pyridine rings is 2. The normalized spacial score (nSPS) is 11.9. The number of unbranched alkanes of at least 4 members (excludes halogenated alkanes) is 1. The Morgan fingerprint density at radius 1 is 0.667 bits per heavy atom. The Morgan fingerprint density at radius 2 is 1.07 bits per heavy atom. The Hall–Kier alpha value is -4.06. The highest BCUT2D eigenvalue weighted by Gasteiger charge is 2.34. The van der Waals surface area contributed by atoms with Gasteiger partial charge in [-0.2, -0.15) is 26.3 Å². The zero-order valence-corrected chi connectivity index (χ0v) is 22.9. The van der Waals surface area contributed by atoms with Crippen molar-refractivity contribution in [3.05, 3.63) is 79.2 Å². The number of nitrogens with zero attached hydrogens (tertiary/aromatic N) is 6. The molecule has 2 amide bonds. The van der Waals surface area contributed by atoms with Crippen LogP contribution in [0.3, 0.4) is 0 Å². The standard InChI is InChI=1S/C24H20F6N8O2S2/c25-23(26,27)15-5-7-31-9-13(15)11-33-19(39)21-37-35-17(41-21)3-1-2-4-18-36-38-22(42-18)20(40)34-12-14-10-32-8-6-16(14)24(28,29)30/h5-10H,1-4,11-12H2,(H,33,39)(H,34,40). The second-order valence-electron chi connectivity index (χ2n) is 8.64. The van der Waals surface area contributed by atoms with E-state index in [1.54, 1.807) is 0 Å². The summed E-state index contributed by atoms with van der Waals surface area (Å²) in [5.41, 5.74) is -2.12. The molecule has 222 valence electrons. The fourth-order valence-electron chi connectivity index (χ4n) is 3.64. The number of amides is 2. The van der Waals surface area contributed by atoms with Gasteiger partial charge in [-0.05, 0) is 25.0 Å². The van der Waals surface area contributed by atoms with Crippen LogP contribution in [0, 0.1) is 0 Å². The van der Waals surface area contributed by atoms with Crippen molar-refractivity contribution in [1.82, 2.24) is 41.0 Å². The van der Waals surface area contributed by atoms with Crippen LogP contribution in [0.2, 0.25) is 0 Å². The Bertz CT molecular complexity index is 1430. The van der Waals surface area contributed by atoms with Crippen LogP contribution in [0.15, 0.2) is 36.9 Å². The molecule has 4 heterocycles. The lowest BCUT2D eigenvalue weighted by molar-refractivity contribution is -0.139. The van der Waals surface area contributed by atoms with E-state index in [0.29, 0.717) is 35.7 Å². The number of rotatable bonds is 11. The van der Waals surface area contributed by atoms with Gasteiger partial charge in [0.05, 0.1) is 11.1 Å². The summed E-state index contributed by atoms with van der Waals surface area (Å²) in [6, 6.07) is 1.67. The molecule has 0 aromatic carbocycles. The predicted molar refractivity (Wildman–Crippen MR) is 137 cm³/mol. The summed E-state index contributed by atoms with van der Waals surface area (Å²) in [5.74, 6) is -1.32. The minimum atomic E-state index is -4.58. The number of nitrogens with one attached hydrogen (secondary N) is 2. The molecule has 0 saturated heterocycles. The monoisotopic (exact) mass is 630 g/mol. The third-order valence-corrected chi connectivity index (χ3v) is 7.61. The molecular weight excluding hydrogens is 610 g/mol. The highest BCUT2D eigenvalue weighted by molar-refractivity contribution is 7.13. The Kier molecular flexibility index (Phi) is 9.77. The molecule has 0 atom stereocenters. The van der Waals surface area contributed by atoms with Gasteiger partial charge in [0.25, 0.3) is 11.8 Å². The Labute approximate surface area is 241 Å². The summed E-state index contributed by atoms with van der Waals surface area (Å²) in [7, 11) is 0. The number of hydrogen-bond acceptors (Lipinski definition) is 10. The van der Waals surface area contributed by atoms with Gasteiger partial charge in [0.2, 0.25) is 10.0 Å². The van der Waals surface area contributed by atoms with E-state index in [9.17, 15) is 35.9 Å². The second kappa shape index (κ2) is 13.3. The van der Waals surface area contributed by atoms with Crippen molar-refractivity contribution >= 4 is 34.5 Å². The fraction of sp³-hybridized carbons (Fsp3) is 0.333. The van der Waals surface area contributed by atoms with Crippen molar-refractivity contribution in [3.8, 4) is 0 Å². The van der Waals surface area contributed by atoms with Crippen LogP contribution in [0.25, 0.3) is 0 Å². The molecular formula is C24H20F6N8O2S2. The van der Waals surface area contributed by atoms with Crippen LogP contribution in [0.5, 0.6) is 0 Å². The average molecular weight is 631 g/mol. The SMILES string of the molecule is O=C(NCc1cnccc1C(F)(F)F)c1nnc(CCCCc2nnc(C(=O)NCc3cnccc3C(F)(F)F)s2)s1. The minimum absolute atomic E-state index is 0.0101. The van der Waals surface area contributed by atoms with Crippen LogP contribution in [0.4, 0.5) is 26.3 Å². The molecule has 2 N–H and O–H groups in total. The van der Waals surface area contributed by atoms with Crippen molar-refractivity contribution in [3.63, 3.8) is 0 Å². The molecule has 4 aromatic rings. The first-order valence-electron chi connectivity index (χ1n) is 12.1. The number of halogens is 6. The summed E-state index contributed by atoms with van der Waals surface area (Å²) in [6.45, 7) is -0.757. The summed E-state index contributed by atoms with van der Waals surface area (Å²) in [4.78, 5) is 32.0. The quantitative estimate of drug-likeness (QED) is 0.181. The topological polar surface area (TPSA) is 136 Å². The number of hydrogen-bond donors (Lipinski definition) is 2. The molecule has 0 aliphatic rings. The maximum absolute atomic E-state index is 13.1. The molecule has 18 heteroatoms. The molecule has 0 bridgehead atoms. The predicted octanol–water partition coefficient (Wildman–Crippen LogP) is 4.64. The van der Waals surface area contributed by atoms with Gasteiger partial charge in [-0.3, -0.25) is 19.6 Å². The van der Waals surface area contributed by atoms with Crippen molar-refractivity contribution < 1.29 is 35.9 Å². The summed E-state index contributed by atoms with van der Waals surface area (Å²) >= 11 is 2.04. The summed E-state index contributed by atoms with van der Waals surface area (Å²) in [5, 5.41) is 21.4. The van der Waals surface area contributed by atoms with Gasteiger partial charge in [-0.15, -0.1) is 20.4 Å². The fourth-order valence-corrected chi connectivity index (χ4v) is 5.23. The van der Waals surface area contributed by atoms with Crippen LogP contribution in [0.1, 0.15) is 64.7 Å². The molecule has 0 spiro atoms. The zero-order valence-electron chi connectivity index (χ0n) is 21.3. The van der Waals surface area contributed by atoms with Crippen molar-refractivity contribution in [2.45, 2.75) is 51.1 Å². The molecule has 4 aromatic heterocycles. The first-order valence-corrected chi connectivity index (χ1v) is 13.8. The summed E-state index contributed by atoms with van der Waals surface area (Å²) in [6.07, 6.45) is -2.82. The van der Waals surface area contributed by atoms with Gasteiger partial charge in [-0.25, -0.2) is 0 Å². The minimum Gasteiger partial charge on any atom is -0.346 e. The molecule has 0 unspecified atom stereocenters. The smallest absolute Gasteiger partial charge is 0.346 e.